The van der Waals surface area contributed by atoms with Crippen molar-refractivity contribution >= 4 is 0 Å². The van der Waals surface area contributed by atoms with E-state index in [0.717, 1.165) is 17.8 Å². The molecule has 0 atom stereocenters. The number of rotatable bonds is 9. The van der Waals surface area contributed by atoms with E-state index >= 15 is 0 Å². The Morgan fingerprint density at radius 1 is 0.750 bits per heavy atom. The number of allylic oxidation sites excluding steroid dienone is 2. The highest BCUT2D eigenvalue weighted by molar-refractivity contribution is 4.87. The molecule has 136 valence electrons. The van der Waals surface area contributed by atoms with Crippen LogP contribution >= 0.6 is 0 Å². The van der Waals surface area contributed by atoms with Crippen LogP contribution in [0.4, 0.5) is 0 Å². The molecular weight excluding hydrogens is 290 g/mol. The van der Waals surface area contributed by atoms with E-state index in [1.54, 1.807) is 0 Å². The van der Waals surface area contributed by atoms with Gasteiger partial charge in [-0.15, -0.1) is 0 Å². The summed E-state index contributed by atoms with van der Waals surface area (Å²) in [6.07, 6.45) is 25.3. The second-order valence-corrected chi connectivity index (χ2v) is 8.50. The fourth-order valence-corrected chi connectivity index (χ4v) is 4.79. The summed E-state index contributed by atoms with van der Waals surface area (Å²) in [6.45, 7) is 2.25. The van der Waals surface area contributed by atoms with E-state index in [2.05, 4.69) is 25.1 Å². The highest BCUT2D eigenvalue weighted by atomic mass is 14.3. The zero-order chi connectivity index (χ0) is 17.0. The van der Waals surface area contributed by atoms with Gasteiger partial charge in [0.2, 0.25) is 0 Å². The first-order valence-electron chi connectivity index (χ1n) is 10.9. The first-order valence-corrected chi connectivity index (χ1v) is 10.9. The molecule has 2 saturated carbocycles. The zero-order valence-corrected chi connectivity index (χ0v) is 16.0. The lowest BCUT2D eigenvalue weighted by Crippen LogP contribution is -2.17. The highest BCUT2D eigenvalue weighted by Crippen LogP contribution is 2.37. The van der Waals surface area contributed by atoms with Crippen molar-refractivity contribution in [2.75, 3.05) is 0 Å². The smallest absolute Gasteiger partial charge is 0.0655 e. The maximum absolute atomic E-state index is 9.00. The molecule has 0 aromatic heterocycles. The molecule has 0 aromatic carbocycles. The van der Waals surface area contributed by atoms with Crippen LogP contribution < -0.4 is 0 Å². The van der Waals surface area contributed by atoms with Crippen molar-refractivity contribution in [1.82, 2.24) is 0 Å². The predicted octanol–water partition coefficient (Wildman–Crippen LogP) is 7.43. The minimum atomic E-state index is 0.369. The van der Waals surface area contributed by atoms with E-state index in [1.807, 2.05) is 0 Å². The lowest BCUT2D eigenvalue weighted by Gasteiger charge is -2.31. The number of unbranched alkanes of at least 4 members (excludes halogenated alkanes) is 2. The second-order valence-electron chi connectivity index (χ2n) is 8.50. The second kappa shape index (κ2) is 11.7. The van der Waals surface area contributed by atoms with Crippen LogP contribution in [-0.2, 0) is 0 Å². The van der Waals surface area contributed by atoms with Gasteiger partial charge in [-0.25, -0.2) is 0 Å². The average molecular weight is 330 g/mol. The maximum Gasteiger partial charge on any atom is 0.0655 e. The number of hydrogen-bond donors (Lipinski definition) is 0. The Kier molecular flexibility index (Phi) is 9.55. The Hall–Kier alpha value is -0.770. The summed E-state index contributed by atoms with van der Waals surface area (Å²) >= 11 is 0. The molecule has 0 unspecified atom stereocenters. The van der Waals surface area contributed by atoms with Gasteiger partial charge in [-0.05, 0) is 62.7 Å². The third-order valence-electron chi connectivity index (χ3n) is 6.58. The summed E-state index contributed by atoms with van der Waals surface area (Å²) in [5.74, 6) is 3.34. The van der Waals surface area contributed by atoms with E-state index in [9.17, 15) is 0 Å². The molecule has 0 radical (unpaired) electrons. The Balaban J connectivity index is 1.50. The first-order chi connectivity index (χ1) is 11.8. The lowest BCUT2D eigenvalue weighted by molar-refractivity contribution is 0.221. The summed E-state index contributed by atoms with van der Waals surface area (Å²) in [4.78, 5) is 0. The predicted molar refractivity (Wildman–Crippen MR) is 104 cm³/mol. The molecule has 2 aliphatic rings. The average Bonchev–Trinajstić information content (AvgIpc) is 2.64. The molecule has 0 heterocycles. The molecule has 0 amide bonds. The maximum atomic E-state index is 9.00. The molecule has 2 fully saturated rings. The normalized spacial score (nSPS) is 31.2. The monoisotopic (exact) mass is 329 g/mol. The molecule has 1 heteroatoms. The number of nitrogens with zero attached hydrogens (tertiary/aromatic N) is 1. The molecule has 0 aromatic rings. The van der Waals surface area contributed by atoms with Crippen molar-refractivity contribution in [3.8, 4) is 6.07 Å². The Labute approximate surface area is 150 Å². The first kappa shape index (κ1) is 19.6. The molecule has 0 aliphatic heterocycles. The molecule has 2 aliphatic carbocycles. The van der Waals surface area contributed by atoms with Crippen LogP contribution in [0.1, 0.15) is 103 Å². The van der Waals surface area contributed by atoms with E-state index in [1.165, 1.54) is 96.3 Å². The van der Waals surface area contributed by atoms with Gasteiger partial charge < -0.3 is 0 Å². The minimum absolute atomic E-state index is 0.369. The molecule has 24 heavy (non-hydrogen) atoms. The van der Waals surface area contributed by atoms with E-state index in [0.29, 0.717) is 5.92 Å². The van der Waals surface area contributed by atoms with Crippen LogP contribution in [0, 0.1) is 35.0 Å². The zero-order valence-electron chi connectivity index (χ0n) is 16.0. The Morgan fingerprint density at radius 3 is 1.79 bits per heavy atom. The molecule has 0 saturated heterocycles. The molecule has 0 N–H and O–H groups in total. The Bertz CT molecular complexity index is 375. The van der Waals surface area contributed by atoms with Gasteiger partial charge in [-0.1, -0.05) is 70.4 Å². The summed E-state index contributed by atoms with van der Waals surface area (Å²) in [5.41, 5.74) is 0. The van der Waals surface area contributed by atoms with Crippen molar-refractivity contribution < 1.29 is 0 Å². The van der Waals surface area contributed by atoms with Crippen LogP contribution in [0.25, 0.3) is 0 Å². The van der Waals surface area contributed by atoms with Crippen molar-refractivity contribution in [3.63, 3.8) is 0 Å². The van der Waals surface area contributed by atoms with Crippen LogP contribution in [0.15, 0.2) is 12.2 Å². The van der Waals surface area contributed by atoms with E-state index < -0.39 is 0 Å². The third kappa shape index (κ3) is 7.42. The molecule has 0 bridgehead atoms. The van der Waals surface area contributed by atoms with Gasteiger partial charge in [-0.2, -0.15) is 5.26 Å². The summed E-state index contributed by atoms with van der Waals surface area (Å²) in [7, 11) is 0. The summed E-state index contributed by atoms with van der Waals surface area (Å²) < 4.78 is 0. The van der Waals surface area contributed by atoms with Crippen LogP contribution in [0.5, 0.6) is 0 Å². The number of hydrogen-bond acceptors (Lipinski definition) is 1. The van der Waals surface area contributed by atoms with Crippen molar-refractivity contribution in [1.29, 1.82) is 5.26 Å². The van der Waals surface area contributed by atoms with Gasteiger partial charge in [-0.3, -0.25) is 0 Å². The molecule has 2 rings (SSSR count). The van der Waals surface area contributed by atoms with Gasteiger partial charge in [0, 0.05) is 5.92 Å². The Morgan fingerprint density at radius 2 is 1.25 bits per heavy atom. The highest BCUT2D eigenvalue weighted by Gasteiger charge is 2.24. The van der Waals surface area contributed by atoms with Crippen LogP contribution in [0.2, 0.25) is 0 Å². The van der Waals surface area contributed by atoms with Crippen LogP contribution in [-0.4, -0.2) is 0 Å². The van der Waals surface area contributed by atoms with Gasteiger partial charge in [0.25, 0.3) is 0 Å². The lowest BCUT2D eigenvalue weighted by atomic mass is 9.75. The number of nitriles is 1. The largest absolute Gasteiger partial charge is 0.198 e. The summed E-state index contributed by atoms with van der Waals surface area (Å²) in [5, 5.41) is 9.00. The van der Waals surface area contributed by atoms with Gasteiger partial charge in [0.15, 0.2) is 0 Å². The molecular formula is C23H39N. The van der Waals surface area contributed by atoms with E-state index in [4.69, 9.17) is 5.26 Å². The van der Waals surface area contributed by atoms with Crippen LogP contribution in [0.3, 0.4) is 0 Å². The molecule has 1 nitrogen and oxygen atoms in total. The standard InChI is InChI=1S/C23H39N/c1-2-3-4-5-6-7-8-20-9-11-21(12-10-20)13-14-22-15-17-23(19-24)18-16-22/h4-5,20-23H,2-3,6-18H2,1H3/b5-4-. The fraction of sp³-hybridized carbons (Fsp3) is 0.870. The fourth-order valence-electron chi connectivity index (χ4n) is 4.79. The van der Waals surface area contributed by atoms with Crippen molar-refractivity contribution in [2.24, 2.45) is 23.7 Å². The quantitative estimate of drug-likeness (QED) is 0.319. The summed E-state index contributed by atoms with van der Waals surface area (Å²) in [6, 6.07) is 2.46. The molecule has 0 spiro atoms. The topological polar surface area (TPSA) is 23.8 Å². The van der Waals surface area contributed by atoms with Crippen molar-refractivity contribution in [3.05, 3.63) is 12.2 Å². The van der Waals surface area contributed by atoms with Gasteiger partial charge in [0.1, 0.15) is 0 Å². The van der Waals surface area contributed by atoms with E-state index in [-0.39, 0.29) is 0 Å². The SMILES string of the molecule is CCC/C=C\CCCC1CCC(CCC2CCC(C#N)CC2)CC1. The van der Waals surface area contributed by atoms with Crippen molar-refractivity contribution in [2.45, 2.75) is 103 Å². The minimum Gasteiger partial charge on any atom is -0.198 e. The van der Waals surface area contributed by atoms with Gasteiger partial charge >= 0.3 is 0 Å². The van der Waals surface area contributed by atoms with Gasteiger partial charge in [0.05, 0.1) is 6.07 Å². The third-order valence-corrected chi connectivity index (χ3v) is 6.58.